The fourth-order valence-electron chi connectivity index (χ4n) is 3.97. The summed E-state index contributed by atoms with van der Waals surface area (Å²) in [7, 11) is 5.19. The van der Waals surface area contributed by atoms with Gasteiger partial charge in [0.1, 0.15) is 11.4 Å². The number of aryl methyl sites for hydroxylation is 1. The molecule has 27 heavy (non-hydrogen) atoms. The van der Waals surface area contributed by atoms with Gasteiger partial charge in [0.15, 0.2) is 0 Å². The van der Waals surface area contributed by atoms with Crippen molar-refractivity contribution < 1.29 is 14.3 Å². The molecule has 0 unspecified atom stereocenters. The minimum Gasteiger partial charge on any atom is -0.497 e. The number of fused-ring (bicyclic) bond motifs is 1. The first kappa shape index (κ1) is 17.6. The van der Waals surface area contributed by atoms with Gasteiger partial charge in [-0.3, -0.25) is 0 Å². The topological polar surface area (TPSA) is 53.4 Å². The first-order chi connectivity index (χ1) is 13.0. The lowest BCUT2D eigenvalue weighted by atomic mass is 9.96. The van der Waals surface area contributed by atoms with E-state index >= 15 is 0 Å². The van der Waals surface area contributed by atoms with Crippen LogP contribution in [0, 0.1) is 0 Å². The highest BCUT2D eigenvalue weighted by Gasteiger charge is 2.43. The molecule has 5 nitrogen and oxygen atoms in total. The van der Waals surface area contributed by atoms with E-state index in [9.17, 15) is 4.79 Å². The van der Waals surface area contributed by atoms with Gasteiger partial charge < -0.3 is 14.0 Å². The zero-order chi connectivity index (χ0) is 19.2. The summed E-state index contributed by atoms with van der Waals surface area (Å²) in [5, 5.41) is 1.21. The summed E-state index contributed by atoms with van der Waals surface area (Å²) in [6, 6.07) is 11.7. The lowest BCUT2D eigenvalue weighted by Crippen LogP contribution is -2.11. The second-order valence-electron chi connectivity index (χ2n) is 7.51. The second kappa shape index (κ2) is 6.41. The van der Waals surface area contributed by atoms with Gasteiger partial charge in [-0.1, -0.05) is 13.0 Å². The first-order valence-electron chi connectivity index (χ1n) is 9.17. The summed E-state index contributed by atoms with van der Waals surface area (Å²) in [4.78, 5) is 16.4. The number of ether oxygens (including phenoxy) is 2. The zero-order valence-electron chi connectivity index (χ0n) is 16.2. The molecule has 3 aromatic rings. The number of pyridine rings is 1. The maximum Gasteiger partial charge on any atom is 0.356 e. The van der Waals surface area contributed by atoms with Crippen molar-refractivity contribution in [2.75, 3.05) is 14.2 Å². The zero-order valence-corrected chi connectivity index (χ0v) is 16.2. The Hall–Kier alpha value is -2.82. The highest BCUT2D eigenvalue weighted by molar-refractivity contribution is 5.88. The molecule has 0 atom stereocenters. The SMILES string of the molecule is COC(=O)c1cccc(Cc2c(C3(C)CC3)n(C)c3cc(OC)ccc23)n1. The van der Waals surface area contributed by atoms with E-state index in [0.29, 0.717) is 12.1 Å². The van der Waals surface area contributed by atoms with Crippen LogP contribution >= 0.6 is 0 Å². The van der Waals surface area contributed by atoms with Gasteiger partial charge in [-0.25, -0.2) is 9.78 Å². The van der Waals surface area contributed by atoms with Crippen molar-refractivity contribution in [3.05, 3.63) is 59.0 Å². The van der Waals surface area contributed by atoms with Crippen molar-refractivity contribution in [2.24, 2.45) is 7.05 Å². The molecule has 0 spiro atoms. The maximum atomic E-state index is 11.8. The summed E-state index contributed by atoms with van der Waals surface area (Å²) in [6.07, 6.45) is 3.06. The molecule has 0 amide bonds. The van der Waals surface area contributed by atoms with E-state index in [1.807, 2.05) is 18.2 Å². The first-order valence-corrected chi connectivity index (χ1v) is 9.17. The van der Waals surface area contributed by atoms with Gasteiger partial charge >= 0.3 is 5.97 Å². The van der Waals surface area contributed by atoms with Crippen molar-refractivity contribution in [1.82, 2.24) is 9.55 Å². The standard InChI is InChI=1S/C22H24N2O3/c1-22(10-11-22)20-17(12-14-6-5-7-18(23-14)21(25)27-4)16-9-8-15(26-3)13-19(16)24(20)2/h5-9,13H,10-12H2,1-4H3. The number of benzene rings is 1. The lowest BCUT2D eigenvalue weighted by molar-refractivity contribution is 0.0593. The normalized spacial score (nSPS) is 15.0. The predicted octanol–water partition coefficient (Wildman–Crippen LogP) is 4.01. The Labute approximate surface area is 158 Å². The van der Waals surface area contributed by atoms with Crippen LogP contribution in [0.1, 0.15) is 47.2 Å². The van der Waals surface area contributed by atoms with E-state index < -0.39 is 5.97 Å². The van der Waals surface area contributed by atoms with Crippen molar-refractivity contribution in [3.8, 4) is 5.75 Å². The minimum atomic E-state index is -0.408. The van der Waals surface area contributed by atoms with Crippen LogP contribution in [0.4, 0.5) is 0 Å². The Kier molecular flexibility index (Phi) is 4.17. The van der Waals surface area contributed by atoms with E-state index in [1.165, 1.54) is 36.6 Å². The Bertz CT molecular complexity index is 1030. The van der Waals surface area contributed by atoms with Gasteiger partial charge in [0.25, 0.3) is 0 Å². The van der Waals surface area contributed by atoms with Crippen molar-refractivity contribution >= 4 is 16.9 Å². The highest BCUT2D eigenvalue weighted by Crippen LogP contribution is 2.51. The average Bonchev–Trinajstić information content (AvgIpc) is 3.37. The fourth-order valence-corrected chi connectivity index (χ4v) is 3.97. The van der Waals surface area contributed by atoms with Crippen LogP contribution in [-0.4, -0.2) is 29.7 Å². The van der Waals surface area contributed by atoms with Crippen LogP contribution in [0.5, 0.6) is 5.75 Å². The third-order valence-electron chi connectivity index (χ3n) is 5.64. The van der Waals surface area contributed by atoms with E-state index in [1.54, 1.807) is 13.2 Å². The van der Waals surface area contributed by atoms with Crippen LogP contribution in [0.3, 0.4) is 0 Å². The minimum absolute atomic E-state index is 0.205. The number of esters is 1. The molecule has 0 bridgehead atoms. The van der Waals surface area contributed by atoms with Crippen LogP contribution < -0.4 is 4.74 Å². The maximum absolute atomic E-state index is 11.8. The van der Waals surface area contributed by atoms with Crippen LogP contribution in [0.25, 0.3) is 10.9 Å². The molecule has 1 fully saturated rings. The van der Waals surface area contributed by atoms with Crippen molar-refractivity contribution in [2.45, 2.75) is 31.6 Å². The molecule has 2 heterocycles. The van der Waals surface area contributed by atoms with Crippen molar-refractivity contribution in [3.63, 3.8) is 0 Å². The summed E-state index contributed by atoms with van der Waals surface area (Å²) >= 11 is 0. The molecule has 2 aromatic heterocycles. The predicted molar refractivity (Wildman–Crippen MR) is 104 cm³/mol. The number of methoxy groups -OCH3 is 2. The van der Waals surface area contributed by atoms with Gasteiger partial charge in [0.2, 0.25) is 0 Å². The smallest absolute Gasteiger partial charge is 0.356 e. The molecule has 0 N–H and O–H groups in total. The summed E-state index contributed by atoms with van der Waals surface area (Å²) in [5.74, 6) is 0.446. The third-order valence-corrected chi connectivity index (χ3v) is 5.64. The Morgan fingerprint density at radius 2 is 2.00 bits per heavy atom. The molecule has 1 aliphatic carbocycles. The van der Waals surface area contributed by atoms with Crippen molar-refractivity contribution in [1.29, 1.82) is 0 Å². The van der Waals surface area contributed by atoms with Gasteiger partial charge in [-0.15, -0.1) is 0 Å². The Morgan fingerprint density at radius 3 is 2.67 bits per heavy atom. The number of hydrogen-bond acceptors (Lipinski definition) is 4. The molecule has 1 saturated carbocycles. The summed E-state index contributed by atoms with van der Waals surface area (Å²) < 4.78 is 12.5. The van der Waals surface area contributed by atoms with E-state index in [-0.39, 0.29) is 5.41 Å². The Balaban J connectivity index is 1.85. The average molecular weight is 364 g/mol. The van der Waals surface area contributed by atoms with E-state index in [4.69, 9.17) is 9.47 Å². The number of carbonyl (C=O) groups excluding carboxylic acids is 1. The molecule has 0 saturated heterocycles. The van der Waals surface area contributed by atoms with Crippen LogP contribution in [0.2, 0.25) is 0 Å². The molecule has 1 aromatic carbocycles. The van der Waals surface area contributed by atoms with Crippen LogP contribution in [0.15, 0.2) is 36.4 Å². The largest absolute Gasteiger partial charge is 0.497 e. The van der Waals surface area contributed by atoms with E-state index in [0.717, 1.165) is 17.0 Å². The quantitative estimate of drug-likeness (QED) is 0.642. The van der Waals surface area contributed by atoms with E-state index in [2.05, 4.69) is 35.7 Å². The molecule has 0 aliphatic heterocycles. The van der Waals surface area contributed by atoms with Gasteiger partial charge in [0, 0.05) is 41.7 Å². The molecule has 140 valence electrons. The number of aromatic nitrogens is 2. The number of nitrogens with zero attached hydrogens (tertiary/aromatic N) is 2. The molecule has 4 rings (SSSR count). The molecular formula is C22H24N2O3. The molecule has 1 aliphatic rings. The fraction of sp³-hybridized carbons (Fsp3) is 0.364. The third kappa shape index (κ3) is 2.97. The number of carbonyl (C=O) groups is 1. The number of rotatable bonds is 5. The lowest BCUT2D eigenvalue weighted by Gasteiger charge is -2.14. The van der Waals surface area contributed by atoms with Gasteiger partial charge in [-0.2, -0.15) is 0 Å². The Morgan fingerprint density at radius 1 is 1.22 bits per heavy atom. The second-order valence-corrected chi connectivity index (χ2v) is 7.51. The van der Waals surface area contributed by atoms with Gasteiger partial charge in [0.05, 0.1) is 19.7 Å². The summed E-state index contributed by atoms with van der Waals surface area (Å²) in [6.45, 7) is 2.32. The van der Waals surface area contributed by atoms with Crippen LogP contribution in [-0.2, 0) is 23.6 Å². The number of hydrogen-bond donors (Lipinski definition) is 0. The summed E-state index contributed by atoms with van der Waals surface area (Å²) in [5.41, 5.74) is 5.22. The van der Waals surface area contributed by atoms with Gasteiger partial charge in [-0.05, 0) is 42.7 Å². The highest BCUT2D eigenvalue weighted by atomic mass is 16.5. The molecular weight excluding hydrogens is 340 g/mol. The molecule has 0 radical (unpaired) electrons. The monoisotopic (exact) mass is 364 g/mol. The molecule has 5 heteroatoms.